The van der Waals surface area contributed by atoms with E-state index in [0.29, 0.717) is 5.16 Å². The van der Waals surface area contributed by atoms with Crippen LogP contribution in [-0.2, 0) is 0 Å². The van der Waals surface area contributed by atoms with Gasteiger partial charge in [-0.1, -0.05) is 35.5 Å². The largest absolute Gasteiger partial charge is 0.221 e. The predicted molar refractivity (Wildman–Crippen MR) is 68.9 cm³/mol. The molecule has 18 heavy (non-hydrogen) atoms. The van der Waals surface area contributed by atoms with Gasteiger partial charge in [0, 0.05) is 5.56 Å². The van der Waals surface area contributed by atoms with E-state index in [9.17, 15) is 4.39 Å². The maximum atomic E-state index is 13.7. The number of rotatable bonds is 2. The van der Waals surface area contributed by atoms with Gasteiger partial charge in [-0.2, -0.15) is 5.26 Å². The molecule has 0 radical (unpaired) electrons. The first-order valence-corrected chi connectivity index (χ1v) is 6.54. The van der Waals surface area contributed by atoms with E-state index in [2.05, 4.69) is 9.97 Å². The summed E-state index contributed by atoms with van der Waals surface area (Å²) in [6.45, 7) is 0. The van der Waals surface area contributed by atoms with Gasteiger partial charge < -0.3 is 0 Å². The highest BCUT2D eigenvalue weighted by atomic mass is 35.5. The monoisotopic (exact) mass is 279 g/mol. The Balaban J connectivity index is 2.74. The second-order valence-electron chi connectivity index (χ2n) is 3.32. The second kappa shape index (κ2) is 5.34. The fourth-order valence-corrected chi connectivity index (χ4v) is 2.08. The second-order valence-corrected chi connectivity index (χ2v) is 4.45. The van der Waals surface area contributed by atoms with Crippen molar-refractivity contribution in [3.05, 3.63) is 40.8 Å². The zero-order valence-electron chi connectivity index (χ0n) is 9.32. The molecule has 3 nitrogen and oxygen atoms in total. The number of hydrogen-bond acceptors (Lipinski definition) is 4. The summed E-state index contributed by atoms with van der Waals surface area (Å²) in [4.78, 5) is 8.11. The Morgan fingerprint density at radius 2 is 2.06 bits per heavy atom. The summed E-state index contributed by atoms with van der Waals surface area (Å²) in [5.74, 6) is -0.448. The van der Waals surface area contributed by atoms with E-state index in [0.717, 1.165) is 0 Å². The van der Waals surface area contributed by atoms with E-state index >= 15 is 0 Å². The van der Waals surface area contributed by atoms with Crippen LogP contribution in [0.3, 0.4) is 0 Å². The van der Waals surface area contributed by atoms with Crippen molar-refractivity contribution >= 4 is 23.4 Å². The van der Waals surface area contributed by atoms with Crippen LogP contribution in [0, 0.1) is 17.1 Å². The van der Waals surface area contributed by atoms with E-state index in [1.165, 1.54) is 17.8 Å². The molecule has 1 aromatic heterocycles. The van der Waals surface area contributed by atoms with Gasteiger partial charge in [0.2, 0.25) is 0 Å². The summed E-state index contributed by atoms with van der Waals surface area (Å²) >= 11 is 7.18. The minimum absolute atomic E-state index is 0.0371. The third-order valence-electron chi connectivity index (χ3n) is 2.27. The van der Waals surface area contributed by atoms with E-state index in [1.54, 1.807) is 24.5 Å². The molecule has 0 N–H and O–H groups in total. The van der Waals surface area contributed by atoms with Crippen LogP contribution in [0.4, 0.5) is 4.39 Å². The van der Waals surface area contributed by atoms with Crippen molar-refractivity contribution in [3.8, 4) is 17.3 Å². The molecule has 0 aliphatic rings. The Kier molecular flexibility index (Phi) is 3.80. The number of halogens is 2. The molecule has 0 aliphatic carbocycles. The number of hydrogen-bond donors (Lipinski definition) is 0. The standard InChI is InChI=1S/C12H7ClFN3S/c1-18-12-16-10(8(6-15)11(13)17-12)7-4-2-3-5-9(7)14/h2-5H,1H3. The van der Waals surface area contributed by atoms with E-state index in [1.807, 2.05) is 6.07 Å². The van der Waals surface area contributed by atoms with Crippen LogP contribution in [0.1, 0.15) is 5.56 Å². The summed E-state index contributed by atoms with van der Waals surface area (Å²) in [6, 6.07) is 8.02. The summed E-state index contributed by atoms with van der Waals surface area (Å²) < 4.78 is 13.7. The maximum Gasteiger partial charge on any atom is 0.189 e. The number of nitrogens with zero attached hydrogens (tertiary/aromatic N) is 3. The van der Waals surface area contributed by atoms with Gasteiger partial charge >= 0.3 is 0 Å². The van der Waals surface area contributed by atoms with Gasteiger partial charge in [-0.15, -0.1) is 0 Å². The van der Waals surface area contributed by atoms with Gasteiger partial charge in [0.25, 0.3) is 0 Å². The lowest BCUT2D eigenvalue weighted by atomic mass is 10.1. The first kappa shape index (κ1) is 12.8. The molecule has 1 heterocycles. The molecule has 2 aromatic rings. The van der Waals surface area contributed by atoms with Gasteiger partial charge in [-0.05, 0) is 18.4 Å². The average Bonchev–Trinajstić information content (AvgIpc) is 2.38. The Bertz CT molecular complexity index is 640. The summed E-state index contributed by atoms with van der Waals surface area (Å²) in [5.41, 5.74) is 0.549. The topological polar surface area (TPSA) is 49.6 Å². The molecule has 90 valence electrons. The van der Waals surface area contributed by atoms with E-state index in [4.69, 9.17) is 16.9 Å². The molecule has 0 spiro atoms. The van der Waals surface area contributed by atoms with Crippen molar-refractivity contribution in [1.29, 1.82) is 5.26 Å². The van der Waals surface area contributed by atoms with Crippen LogP contribution in [-0.4, -0.2) is 16.2 Å². The first-order chi connectivity index (χ1) is 8.67. The zero-order chi connectivity index (χ0) is 13.1. The van der Waals surface area contributed by atoms with Crippen molar-refractivity contribution in [2.75, 3.05) is 6.26 Å². The van der Waals surface area contributed by atoms with Gasteiger partial charge in [0.1, 0.15) is 17.4 Å². The van der Waals surface area contributed by atoms with Crippen LogP contribution in [0.25, 0.3) is 11.3 Å². The molecule has 0 aliphatic heterocycles. The molecule has 2 rings (SSSR count). The van der Waals surface area contributed by atoms with Crippen LogP contribution >= 0.6 is 23.4 Å². The summed E-state index contributed by atoms with van der Waals surface area (Å²) in [7, 11) is 0. The predicted octanol–water partition coefficient (Wildman–Crippen LogP) is 3.53. The third-order valence-corrected chi connectivity index (χ3v) is 3.09. The highest BCUT2D eigenvalue weighted by Crippen LogP contribution is 2.29. The maximum absolute atomic E-state index is 13.7. The molecular formula is C12H7ClFN3S. The highest BCUT2D eigenvalue weighted by Gasteiger charge is 2.16. The summed E-state index contributed by atoms with van der Waals surface area (Å²) in [6.07, 6.45) is 1.78. The van der Waals surface area contributed by atoms with Crippen molar-refractivity contribution < 1.29 is 4.39 Å². The molecule has 0 saturated heterocycles. The van der Waals surface area contributed by atoms with Gasteiger partial charge in [-0.25, -0.2) is 14.4 Å². The molecule has 0 fully saturated rings. The fourth-order valence-electron chi connectivity index (χ4n) is 1.45. The number of aromatic nitrogens is 2. The Morgan fingerprint density at radius 1 is 1.33 bits per heavy atom. The SMILES string of the molecule is CSc1nc(Cl)c(C#N)c(-c2ccccc2F)n1. The number of nitriles is 1. The average molecular weight is 280 g/mol. The van der Waals surface area contributed by atoms with E-state index in [-0.39, 0.29) is 22.0 Å². The van der Waals surface area contributed by atoms with Crippen molar-refractivity contribution in [2.24, 2.45) is 0 Å². The molecule has 6 heteroatoms. The molecule has 0 atom stereocenters. The molecule has 0 bridgehead atoms. The smallest absolute Gasteiger partial charge is 0.189 e. The molecule has 0 saturated carbocycles. The van der Waals surface area contributed by atoms with Crippen LogP contribution in [0.15, 0.2) is 29.4 Å². The Labute approximate surface area is 113 Å². The number of benzene rings is 1. The van der Waals surface area contributed by atoms with Crippen LogP contribution in [0.5, 0.6) is 0 Å². The van der Waals surface area contributed by atoms with Gasteiger partial charge in [0.15, 0.2) is 10.3 Å². The normalized spacial score (nSPS) is 10.1. The molecule has 0 unspecified atom stereocenters. The van der Waals surface area contributed by atoms with Crippen molar-refractivity contribution in [1.82, 2.24) is 9.97 Å². The lowest BCUT2D eigenvalue weighted by Gasteiger charge is -2.07. The van der Waals surface area contributed by atoms with Gasteiger partial charge in [0.05, 0.1) is 5.69 Å². The third kappa shape index (κ3) is 2.30. The van der Waals surface area contributed by atoms with Crippen molar-refractivity contribution in [3.63, 3.8) is 0 Å². The van der Waals surface area contributed by atoms with Crippen molar-refractivity contribution in [2.45, 2.75) is 5.16 Å². The lowest BCUT2D eigenvalue weighted by Crippen LogP contribution is -1.98. The Hall–Kier alpha value is -1.64. The minimum atomic E-state index is -0.448. The molecule has 0 amide bonds. The zero-order valence-corrected chi connectivity index (χ0v) is 10.9. The quantitative estimate of drug-likeness (QED) is 0.479. The van der Waals surface area contributed by atoms with Crippen LogP contribution < -0.4 is 0 Å². The van der Waals surface area contributed by atoms with E-state index < -0.39 is 5.82 Å². The molecule has 1 aromatic carbocycles. The fraction of sp³-hybridized carbons (Fsp3) is 0.0833. The number of thioether (sulfide) groups is 1. The first-order valence-electron chi connectivity index (χ1n) is 4.94. The molecular weight excluding hydrogens is 273 g/mol. The highest BCUT2D eigenvalue weighted by molar-refractivity contribution is 7.98. The minimum Gasteiger partial charge on any atom is -0.221 e. The van der Waals surface area contributed by atoms with Crippen LogP contribution in [0.2, 0.25) is 5.15 Å². The Morgan fingerprint density at radius 3 is 2.67 bits per heavy atom. The van der Waals surface area contributed by atoms with Gasteiger partial charge in [-0.3, -0.25) is 0 Å². The summed E-state index contributed by atoms with van der Waals surface area (Å²) in [5, 5.41) is 9.51. The lowest BCUT2D eigenvalue weighted by molar-refractivity contribution is 0.630.